The van der Waals surface area contributed by atoms with Crippen molar-refractivity contribution in [2.75, 3.05) is 51.8 Å². The van der Waals surface area contributed by atoms with Crippen LogP contribution in [0.1, 0.15) is 10.4 Å². The molecule has 0 aliphatic carbocycles. The second kappa shape index (κ2) is 7.21. The number of rotatable bonds is 3. The zero-order valence-corrected chi connectivity index (χ0v) is 14.8. The molecule has 26 heavy (non-hydrogen) atoms. The van der Waals surface area contributed by atoms with Crippen LogP contribution in [0.4, 0.5) is 11.5 Å². The first-order valence-corrected chi connectivity index (χ1v) is 8.79. The average molecular weight is 354 g/mol. The summed E-state index contributed by atoms with van der Waals surface area (Å²) in [6, 6.07) is 9.21. The molecule has 1 amide bonds. The molecule has 7 heteroatoms. The molecule has 0 spiro atoms. The van der Waals surface area contributed by atoms with Crippen molar-refractivity contribution >= 4 is 17.4 Å². The standard InChI is InChI=1S/C19H22N4O3/c1-22-6-8-23(9-7-22)19(24)14-4-5-20-18(12-14)21-15-2-3-16-17(13-15)26-11-10-25-16/h2-5,12-13H,6-11H2,1H3,(H,20,21). The maximum absolute atomic E-state index is 12.7. The Morgan fingerprint density at radius 2 is 1.81 bits per heavy atom. The van der Waals surface area contributed by atoms with Gasteiger partial charge in [-0.1, -0.05) is 0 Å². The number of amides is 1. The van der Waals surface area contributed by atoms with Gasteiger partial charge in [0.1, 0.15) is 19.0 Å². The first-order valence-electron chi connectivity index (χ1n) is 8.79. The minimum Gasteiger partial charge on any atom is -0.486 e. The van der Waals surface area contributed by atoms with Crippen LogP contribution in [0.25, 0.3) is 0 Å². The van der Waals surface area contributed by atoms with Crippen molar-refractivity contribution in [1.82, 2.24) is 14.8 Å². The lowest BCUT2D eigenvalue weighted by Gasteiger charge is -2.32. The molecule has 1 N–H and O–H groups in total. The fraction of sp³-hybridized carbons (Fsp3) is 0.368. The average Bonchev–Trinajstić information content (AvgIpc) is 2.68. The lowest BCUT2D eigenvalue weighted by atomic mass is 10.2. The molecule has 0 radical (unpaired) electrons. The van der Waals surface area contributed by atoms with Gasteiger partial charge in [-0.2, -0.15) is 0 Å². The molecule has 0 unspecified atom stereocenters. The van der Waals surface area contributed by atoms with E-state index < -0.39 is 0 Å². The predicted molar refractivity (Wildman–Crippen MR) is 98.4 cm³/mol. The highest BCUT2D eigenvalue weighted by molar-refractivity contribution is 5.95. The van der Waals surface area contributed by atoms with Crippen LogP contribution in [0.15, 0.2) is 36.5 Å². The topological polar surface area (TPSA) is 66.9 Å². The van der Waals surface area contributed by atoms with Gasteiger partial charge >= 0.3 is 0 Å². The van der Waals surface area contributed by atoms with Crippen molar-refractivity contribution in [2.24, 2.45) is 0 Å². The number of likely N-dealkylation sites (N-methyl/N-ethyl adjacent to an activating group) is 1. The number of anilines is 2. The van der Waals surface area contributed by atoms with Gasteiger partial charge in [0.2, 0.25) is 0 Å². The van der Waals surface area contributed by atoms with E-state index in [0.29, 0.717) is 30.3 Å². The van der Waals surface area contributed by atoms with Crippen molar-refractivity contribution in [3.63, 3.8) is 0 Å². The van der Waals surface area contributed by atoms with Gasteiger partial charge in [0.05, 0.1) is 0 Å². The van der Waals surface area contributed by atoms with Crippen LogP contribution < -0.4 is 14.8 Å². The monoisotopic (exact) mass is 354 g/mol. The van der Waals surface area contributed by atoms with Crippen LogP contribution in [0.2, 0.25) is 0 Å². The number of piperazine rings is 1. The van der Waals surface area contributed by atoms with Gasteiger partial charge < -0.3 is 24.6 Å². The van der Waals surface area contributed by atoms with Crippen LogP contribution in [0.5, 0.6) is 11.5 Å². The summed E-state index contributed by atoms with van der Waals surface area (Å²) in [5.74, 6) is 2.13. The summed E-state index contributed by atoms with van der Waals surface area (Å²) in [5, 5.41) is 3.23. The van der Waals surface area contributed by atoms with Crippen molar-refractivity contribution in [3.8, 4) is 11.5 Å². The Kier molecular flexibility index (Phi) is 4.62. The van der Waals surface area contributed by atoms with Gasteiger partial charge in [-0.25, -0.2) is 4.98 Å². The van der Waals surface area contributed by atoms with E-state index >= 15 is 0 Å². The van der Waals surface area contributed by atoms with Crippen LogP contribution in [0.3, 0.4) is 0 Å². The highest BCUT2D eigenvalue weighted by atomic mass is 16.6. The van der Waals surface area contributed by atoms with E-state index in [1.54, 1.807) is 18.3 Å². The molecule has 1 aromatic heterocycles. The minimum absolute atomic E-state index is 0.0470. The van der Waals surface area contributed by atoms with Crippen LogP contribution in [0, 0.1) is 0 Å². The number of aromatic nitrogens is 1. The number of fused-ring (bicyclic) bond motifs is 1. The first kappa shape index (κ1) is 16.7. The van der Waals surface area contributed by atoms with Crippen LogP contribution in [-0.4, -0.2) is 67.1 Å². The van der Waals surface area contributed by atoms with Gasteiger partial charge in [-0.15, -0.1) is 0 Å². The molecule has 0 saturated carbocycles. The zero-order chi connectivity index (χ0) is 17.9. The number of benzene rings is 1. The third-order valence-electron chi connectivity index (χ3n) is 4.61. The fourth-order valence-electron chi connectivity index (χ4n) is 3.09. The van der Waals surface area contributed by atoms with E-state index in [-0.39, 0.29) is 5.91 Å². The largest absolute Gasteiger partial charge is 0.486 e. The Hall–Kier alpha value is -2.80. The molecule has 2 aliphatic heterocycles. The van der Waals surface area contributed by atoms with Gasteiger partial charge in [0.15, 0.2) is 11.5 Å². The van der Waals surface area contributed by atoms with Crippen molar-refractivity contribution in [1.29, 1.82) is 0 Å². The van der Waals surface area contributed by atoms with Crippen LogP contribution in [-0.2, 0) is 0 Å². The van der Waals surface area contributed by atoms with E-state index in [1.807, 2.05) is 23.1 Å². The van der Waals surface area contributed by atoms with E-state index in [9.17, 15) is 4.79 Å². The molecule has 136 valence electrons. The SMILES string of the molecule is CN1CCN(C(=O)c2ccnc(Nc3ccc4c(c3)OCCO4)c2)CC1. The second-order valence-corrected chi connectivity index (χ2v) is 6.51. The zero-order valence-electron chi connectivity index (χ0n) is 14.8. The molecule has 7 nitrogen and oxygen atoms in total. The van der Waals surface area contributed by atoms with E-state index in [0.717, 1.165) is 37.6 Å². The van der Waals surface area contributed by atoms with Gasteiger partial charge in [-0.3, -0.25) is 4.79 Å². The third-order valence-corrected chi connectivity index (χ3v) is 4.61. The summed E-state index contributed by atoms with van der Waals surface area (Å²) < 4.78 is 11.1. The lowest BCUT2D eigenvalue weighted by molar-refractivity contribution is 0.0664. The summed E-state index contributed by atoms with van der Waals surface area (Å²) in [6.07, 6.45) is 1.66. The number of nitrogens with zero attached hydrogens (tertiary/aromatic N) is 3. The van der Waals surface area contributed by atoms with Gasteiger partial charge in [0.25, 0.3) is 5.91 Å². The summed E-state index contributed by atoms with van der Waals surface area (Å²) in [7, 11) is 2.07. The smallest absolute Gasteiger partial charge is 0.254 e. The quantitative estimate of drug-likeness (QED) is 0.909. The molecule has 0 atom stereocenters. The van der Waals surface area contributed by atoms with Crippen LogP contribution >= 0.6 is 0 Å². The predicted octanol–water partition coefficient (Wildman–Crippen LogP) is 1.98. The summed E-state index contributed by atoms with van der Waals surface area (Å²) in [4.78, 5) is 21.2. The summed E-state index contributed by atoms with van der Waals surface area (Å²) in [5.41, 5.74) is 1.48. The molecule has 1 aromatic carbocycles. The number of pyridine rings is 1. The normalized spacial score (nSPS) is 17.0. The highest BCUT2D eigenvalue weighted by Crippen LogP contribution is 2.33. The molecular formula is C19H22N4O3. The lowest BCUT2D eigenvalue weighted by Crippen LogP contribution is -2.47. The number of hydrogen-bond acceptors (Lipinski definition) is 6. The number of carbonyl (C=O) groups is 1. The number of nitrogens with one attached hydrogen (secondary N) is 1. The van der Waals surface area contributed by atoms with E-state index in [1.165, 1.54) is 0 Å². The Morgan fingerprint density at radius 1 is 1.04 bits per heavy atom. The Labute approximate surface area is 152 Å². The van der Waals surface area contributed by atoms with Crippen molar-refractivity contribution in [3.05, 3.63) is 42.1 Å². The molecule has 1 fully saturated rings. The molecule has 0 bridgehead atoms. The third kappa shape index (κ3) is 3.57. The van der Waals surface area contributed by atoms with Crippen molar-refractivity contribution < 1.29 is 14.3 Å². The van der Waals surface area contributed by atoms with E-state index in [2.05, 4.69) is 22.2 Å². The number of ether oxygens (including phenoxy) is 2. The summed E-state index contributed by atoms with van der Waals surface area (Å²) >= 11 is 0. The molecular weight excluding hydrogens is 332 g/mol. The Balaban J connectivity index is 1.48. The Morgan fingerprint density at radius 3 is 2.62 bits per heavy atom. The molecule has 2 aromatic rings. The Bertz CT molecular complexity index is 803. The highest BCUT2D eigenvalue weighted by Gasteiger charge is 2.20. The number of hydrogen-bond donors (Lipinski definition) is 1. The fourth-order valence-corrected chi connectivity index (χ4v) is 3.09. The van der Waals surface area contributed by atoms with Gasteiger partial charge in [0, 0.05) is 49.7 Å². The van der Waals surface area contributed by atoms with E-state index in [4.69, 9.17) is 9.47 Å². The molecule has 4 rings (SSSR count). The number of carbonyl (C=O) groups excluding carboxylic acids is 1. The molecule has 2 aliphatic rings. The van der Waals surface area contributed by atoms with Gasteiger partial charge in [-0.05, 0) is 31.3 Å². The first-order chi connectivity index (χ1) is 12.7. The second-order valence-electron chi connectivity index (χ2n) is 6.51. The maximum Gasteiger partial charge on any atom is 0.254 e. The molecule has 1 saturated heterocycles. The maximum atomic E-state index is 12.7. The summed E-state index contributed by atoms with van der Waals surface area (Å²) in [6.45, 7) is 4.42. The van der Waals surface area contributed by atoms with Crippen molar-refractivity contribution in [2.45, 2.75) is 0 Å². The minimum atomic E-state index is 0.0470. The molecule has 3 heterocycles.